The summed E-state index contributed by atoms with van der Waals surface area (Å²) in [6, 6.07) is 16.9. The van der Waals surface area contributed by atoms with Crippen molar-refractivity contribution in [1.82, 2.24) is 4.98 Å². The van der Waals surface area contributed by atoms with Gasteiger partial charge < -0.3 is 14.2 Å². The molecule has 0 bridgehead atoms. The molecule has 2 aromatic heterocycles. The third kappa shape index (κ3) is 3.53. The summed E-state index contributed by atoms with van der Waals surface area (Å²) in [5, 5.41) is 2.78. The van der Waals surface area contributed by atoms with Crippen molar-refractivity contribution < 1.29 is 13.6 Å². The average molecular weight is 358 g/mol. The van der Waals surface area contributed by atoms with Crippen LogP contribution in [0.2, 0.25) is 0 Å². The standard InChI is InChI=1S/C22H18N2O3/c1-14-5-6-15(2)18(12-14)19-13-27-22(24-19)16-7-9-17(10-8-16)23-21(25)20-4-3-11-26-20/h3-13H,1-2H3,(H,23,25). The number of amides is 1. The van der Waals surface area contributed by atoms with Crippen molar-refractivity contribution in [3.8, 4) is 22.7 Å². The van der Waals surface area contributed by atoms with Crippen LogP contribution in [0.5, 0.6) is 0 Å². The van der Waals surface area contributed by atoms with Crippen molar-refractivity contribution in [1.29, 1.82) is 0 Å². The summed E-state index contributed by atoms with van der Waals surface area (Å²) in [7, 11) is 0. The molecule has 4 rings (SSSR count). The number of nitrogens with zero attached hydrogens (tertiary/aromatic N) is 1. The lowest BCUT2D eigenvalue weighted by Gasteiger charge is -2.04. The van der Waals surface area contributed by atoms with E-state index in [9.17, 15) is 4.79 Å². The summed E-state index contributed by atoms with van der Waals surface area (Å²) in [4.78, 5) is 16.6. The zero-order chi connectivity index (χ0) is 18.8. The SMILES string of the molecule is Cc1ccc(C)c(-c2coc(-c3ccc(NC(=O)c4ccco4)cc3)n2)c1. The summed E-state index contributed by atoms with van der Waals surface area (Å²) in [5.41, 5.74) is 5.70. The molecule has 0 spiro atoms. The van der Waals surface area contributed by atoms with Crippen molar-refractivity contribution in [2.24, 2.45) is 0 Å². The molecule has 1 N–H and O–H groups in total. The van der Waals surface area contributed by atoms with Crippen LogP contribution in [-0.2, 0) is 0 Å². The van der Waals surface area contributed by atoms with Crippen LogP contribution >= 0.6 is 0 Å². The molecule has 0 fully saturated rings. The Labute approximate surface area is 156 Å². The molecule has 5 nitrogen and oxygen atoms in total. The van der Waals surface area contributed by atoms with Gasteiger partial charge in [-0.1, -0.05) is 17.7 Å². The minimum absolute atomic E-state index is 0.268. The Bertz CT molecular complexity index is 1080. The third-order valence-corrected chi connectivity index (χ3v) is 4.31. The fourth-order valence-corrected chi connectivity index (χ4v) is 2.84. The molecule has 0 atom stereocenters. The predicted octanol–water partition coefficient (Wildman–Crippen LogP) is 5.47. The first kappa shape index (κ1) is 16.8. The van der Waals surface area contributed by atoms with Gasteiger partial charge in [-0.3, -0.25) is 4.79 Å². The van der Waals surface area contributed by atoms with E-state index < -0.39 is 0 Å². The van der Waals surface area contributed by atoms with E-state index >= 15 is 0 Å². The largest absolute Gasteiger partial charge is 0.459 e. The summed E-state index contributed by atoms with van der Waals surface area (Å²) < 4.78 is 10.8. The second kappa shape index (κ2) is 6.96. The summed E-state index contributed by atoms with van der Waals surface area (Å²) >= 11 is 0. The Morgan fingerprint density at radius 3 is 2.56 bits per heavy atom. The lowest BCUT2D eigenvalue weighted by atomic mass is 10.0. The third-order valence-electron chi connectivity index (χ3n) is 4.31. The van der Waals surface area contributed by atoms with Gasteiger partial charge in [-0.05, 0) is 61.9 Å². The van der Waals surface area contributed by atoms with Crippen LogP contribution in [-0.4, -0.2) is 10.9 Å². The van der Waals surface area contributed by atoms with E-state index in [2.05, 4.69) is 42.3 Å². The maximum atomic E-state index is 12.0. The number of carbonyl (C=O) groups is 1. The van der Waals surface area contributed by atoms with Gasteiger partial charge in [0.1, 0.15) is 12.0 Å². The Morgan fingerprint density at radius 1 is 1.00 bits per heavy atom. The Morgan fingerprint density at radius 2 is 1.81 bits per heavy atom. The molecule has 0 aliphatic heterocycles. The molecule has 2 heterocycles. The highest BCUT2D eigenvalue weighted by molar-refractivity contribution is 6.02. The molecule has 0 saturated heterocycles. The van der Waals surface area contributed by atoms with Crippen molar-refractivity contribution in [2.75, 3.05) is 5.32 Å². The number of hydrogen-bond acceptors (Lipinski definition) is 4. The van der Waals surface area contributed by atoms with Crippen LogP contribution in [0, 0.1) is 13.8 Å². The molecule has 27 heavy (non-hydrogen) atoms. The second-order valence-corrected chi connectivity index (χ2v) is 6.37. The van der Waals surface area contributed by atoms with Crippen LogP contribution in [0.25, 0.3) is 22.7 Å². The highest BCUT2D eigenvalue weighted by atomic mass is 16.3. The van der Waals surface area contributed by atoms with Crippen LogP contribution in [0.15, 0.2) is 76.0 Å². The Balaban J connectivity index is 1.54. The maximum absolute atomic E-state index is 12.0. The van der Waals surface area contributed by atoms with E-state index in [1.165, 1.54) is 11.8 Å². The normalized spacial score (nSPS) is 10.7. The van der Waals surface area contributed by atoms with Gasteiger partial charge in [0, 0.05) is 16.8 Å². The minimum atomic E-state index is -0.291. The minimum Gasteiger partial charge on any atom is -0.459 e. The number of furan rings is 1. The smallest absolute Gasteiger partial charge is 0.291 e. The van der Waals surface area contributed by atoms with Gasteiger partial charge in [0.2, 0.25) is 5.89 Å². The first-order valence-electron chi connectivity index (χ1n) is 8.58. The van der Waals surface area contributed by atoms with E-state index in [0.717, 1.165) is 22.4 Å². The number of aryl methyl sites for hydroxylation is 2. The molecule has 134 valence electrons. The molecule has 0 aliphatic rings. The summed E-state index contributed by atoms with van der Waals surface area (Å²) in [6.45, 7) is 4.11. The predicted molar refractivity (Wildman–Crippen MR) is 104 cm³/mol. The zero-order valence-electron chi connectivity index (χ0n) is 15.0. The van der Waals surface area contributed by atoms with Crippen molar-refractivity contribution in [3.05, 3.63) is 84.0 Å². The highest BCUT2D eigenvalue weighted by Gasteiger charge is 2.12. The number of nitrogens with one attached hydrogen (secondary N) is 1. The number of hydrogen-bond donors (Lipinski definition) is 1. The molecule has 5 heteroatoms. The topological polar surface area (TPSA) is 68.3 Å². The van der Waals surface area contributed by atoms with Crippen LogP contribution in [0.4, 0.5) is 5.69 Å². The number of anilines is 1. The molecule has 1 amide bonds. The summed E-state index contributed by atoms with van der Waals surface area (Å²) in [6.07, 6.45) is 3.14. The monoisotopic (exact) mass is 358 g/mol. The number of carbonyl (C=O) groups excluding carboxylic acids is 1. The van der Waals surface area contributed by atoms with Gasteiger partial charge in [0.25, 0.3) is 5.91 Å². The van der Waals surface area contributed by atoms with Gasteiger partial charge in [-0.25, -0.2) is 4.98 Å². The molecule has 0 aliphatic carbocycles. The van der Waals surface area contributed by atoms with Gasteiger partial charge >= 0.3 is 0 Å². The maximum Gasteiger partial charge on any atom is 0.291 e. The van der Waals surface area contributed by atoms with Gasteiger partial charge in [-0.2, -0.15) is 0 Å². The van der Waals surface area contributed by atoms with Gasteiger partial charge in [0.05, 0.1) is 6.26 Å². The number of benzene rings is 2. The first-order chi connectivity index (χ1) is 13.1. The van der Waals surface area contributed by atoms with Crippen molar-refractivity contribution >= 4 is 11.6 Å². The Hall–Kier alpha value is -3.60. The van der Waals surface area contributed by atoms with Crippen LogP contribution in [0.1, 0.15) is 21.7 Å². The van der Waals surface area contributed by atoms with E-state index in [1.807, 2.05) is 12.1 Å². The molecular formula is C22H18N2O3. The quantitative estimate of drug-likeness (QED) is 0.525. The lowest BCUT2D eigenvalue weighted by molar-refractivity contribution is 0.0996. The van der Waals surface area contributed by atoms with Crippen LogP contribution < -0.4 is 5.32 Å². The molecule has 0 saturated carbocycles. The van der Waals surface area contributed by atoms with E-state index in [1.54, 1.807) is 30.5 Å². The molecule has 0 radical (unpaired) electrons. The zero-order valence-corrected chi connectivity index (χ0v) is 15.0. The average Bonchev–Trinajstić information content (AvgIpc) is 3.36. The summed E-state index contributed by atoms with van der Waals surface area (Å²) in [5.74, 6) is 0.515. The number of rotatable bonds is 4. The second-order valence-electron chi connectivity index (χ2n) is 6.37. The fraction of sp³-hybridized carbons (Fsp3) is 0.0909. The highest BCUT2D eigenvalue weighted by Crippen LogP contribution is 2.28. The molecule has 4 aromatic rings. The molecule has 0 unspecified atom stereocenters. The number of aromatic nitrogens is 1. The van der Waals surface area contributed by atoms with Gasteiger partial charge in [-0.15, -0.1) is 0 Å². The van der Waals surface area contributed by atoms with Gasteiger partial charge in [0.15, 0.2) is 5.76 Å². The first-order valence-corrected chi connectivity index (χ1v) is 8.58. The molecule has 2 aromatic carbocycles. The molecular weight excluding hydrogens is 340 g/mol. The van der Waals surface area contributed by atoms with Crippen LogP contribution in [0.3, 0.4) is 0 Å². The lowest BCUT2D eigenvalue weighted by Crippen LogP contribution is -2.10. The Kier molecular flexibility index (Phi) is 4.34. The van der Waals surface area contributed by atoms with E-state index in [4.69, 9.17) is 8.83 Å². The number of oxazole rings is 1. The fourth-order valence-electron chi connectivity index (χ4n) is 2.84. The van der Waals surface area contributed by atoms with E-state index in [-0.39, 0.29) is 11.7 Å². The van der Waals surface area contributed by atoms with Crippen molar-refractivity contribution in [2.45, 2.75) is 13.8 Å². The van der Waals surface area contributed by atoms with E-state index in [0.29, 0.717) is 11.6 Å². The van der Waals surface area contributed by atoms with Crippen molar-refractivity contribution in [3.63, 3.8) is 0 Å².